The molecule has 2 atom stereocenters. The second kappa shape index (κ2) is 22.8. The Morgan fingerprint density at radius 1 is 0.842 bits per heavy atom. The first-order valence-corrected chi connectivity index (χ1v) is 18.2. The Labute approximate surface area is 237 Å². The number of nitrogens with zero attached hydrogens (tertiary/aromatic N) is 1. The van der Waals surface area contributed by atoms with E-state index in [9.17, 15) is 17.5 Å². The van der Waals surface area contributed by atoms with Crippen LogP contribution in [-0.4, -0.2) is 52.3 Å². The fourth-order valence-electron chi connectivity index (χ4n) is 4.94. The van der Waals surface area contributed by atoms with E-state index >= 15 is 0 Å². The minimum atomic E-state index is -4.14. The first kappa shape index (κ1) is 35.0. The maximum absolute atomic E-state index is 12.6. The average molecular weight is 570 g/mol. The van der Waals surface area contributed by atoms with Crippen LogP contribution in [0.5, 0.6) is 0 Å². The summed E-state index contributed by atoms with van der Waals surface area (Å²) in [5, 5.41) is 0. The summed E-state index contributed by atoms with van der Waals surface area (Å²) in [5.74, 6) is 0.784. The fourth-order valence-corrected chi connectivity index (χ4v) is 6.88. The van der Waals surface area contributed by atoms with Crippen LogP contribution < -0.4 is 0 Å². The quantitative estimate of drug-likeness (QED) is 0.0696. The zero-order valence-electron chi connectivity index (χ0n) is 24.0. The first-order valence-electron chi connectivity index (χ1n) is 15.1. The molecule has 5 nitrogen and oxygen atoms in total. The molecule has 220 valence electrons. The Morgan fingerprint density at radius 2 is 1.32 bits per heavy atom. The molecule has 0 amide bonds. The highest BCUT2D eigenvalue weighted by molar-refractivity contribution is 7.91. The summed E-state index contributed by atoms with van der Waals surface area (Å²) in [6.07, 6.45) is 23.2. The molecule has 38 heavy (non-hydrogen) atoms. The van der Waals surface area contributed by atoms with Gasteiger partial charge in [0.15, 0.2) is 0 Å². The van der Waals surface area contributed by atoms with Crippen molar-refractivity contribution in [2.75, 3.05) is 23.8 Å². The molecule has 1 aromatic carbocycles. The lowest BCUT2D eigenvalue weighted by Gasteiger charge is -2.30. The number of hydrogen-bond donors (Lipinski definition) is 1. The molecular weight excluding hydrogens is 514 g/mol. The fraction of sp³-hybridized carbons (Fsp3) is 0.742. The normalized spacial score (nSPS) is 13.3. The third kappa shape index (κ3) is 20.0. The molecule has 0 saturated heterocycles. The maximum atomic E-state index is 12.6. The van der Waals surface area contributed by atoms with Gasteiger partial charge < -0.3 is 9.45 Å². The smallest absolute Gasteiger partial charge is 0.266 e. The van der Waals surface area contributed by atoms with Crippen molar-refractivity contribution in [2.24, 2.45) is 0 Å². The van der Waals surface area contributed by atoms with E-state index in [1.54, 1.807) is 6.20 Å². The predicted octanol–water partition coefficient (Wildman–Crippen LogP) is 7.94. The molecule has 1 rings (SSSR count). The molecule has 0 aliphatic rings. The summed E-state index contributed by atoms with van der Waals surface area (Å²) in [6, 6.07) is 9.16. The van der Waals surface area contributed by atoms with E-state index in [-0.39, 0.29) is 5.75 Å². The second-order valence-corrected chi connectivity index (χ2v) is 13.9. The topological polar surface area (TPSA) is 80.7 Å². The van der Waals surface area contributed by atoms with E-state index < -0.39 is 27.3 Å². The minimum absolute atomic E-state index is 0.375. The number of rotatable bonds is 26. The van der Waals surface area contributed by atoms with Gasteiger partial charge in [0.25, 0.3) is 10.1 Å². The Kier molecular flexibility index (Phi) is 21.0. The van der Waals surface area contributed by atoms with Crippen molar-refractivity contribution < 1.29 is 17.5 Å². The largest absolute Gasteiger partial charge is 0.616 e. The van der Waals surface area contributed by atoms with E-state index in [1.807, 2.05) is 35.2 Å². The van der Waals surface area contributed by atoms with E-state index in [0.29, 0.717) is 24.5 Å². The molecule has 2 unspecified atom stereocenters. The molecule has 0 saturated carbocycles. The highest BCUT2D eigenvalue weighted by atomic mass is 32.2. The van der Waals surface area contributed by atoms with Crippen LogP contribution in [0.25, 0.3) is 0 Å². The van der Waals surface area contributed by atoms with Gasteiger partial charge in [-0.2, -0.15) is 8.42 Å². The van der Waals surface area contributed by atoms with Crippen LogP contribution in [0.1, 0.15) is 115 Å². The molecule has 0 heterocycles. The van der Waals surface area contributed by atoms with Crippen LogP contribution in [0.2, 0.25) is 0 Å². The zero-order chi connectivity index (χ0) is 27.9. The van der Waals surface area contributed by atoms with E-state index in [0.717, 1.165) is 18.4 Å². The SMILES string of the molecule is C=CN(CC[S+]([O-])CCCCCCCCCCCCCCCCCC)C(Cc1ccccc1)CS(=O)(=O)O. The predicted molar refractivity (Wildman–Crippen MR) is 165 cm³/mol. The monoisotopic (exact) mass is 569 g/mol. The lowest BCUT2D eigenvalue weighted by atomic mass is 10.0. The summed E-state index contributed by atoms with van der Waals surface area (Å²) in [7, 11) is -4.14. The lowest BCUT2D eigenvalue weighted by Crippen LogP contribution is -2.40. The van der Waals surface area contributed by atoms with Gasteiger partial charge >= 0.3 is 0 Å². The molecule has 0 spiro atoms. The summed E-state index contributed by atoms with van der Waals surface area (Å²) in [5.41, 5.74) is 0.988. The summed E-state index contributed by atoms with van der Waals surface area (Å²) in [4.78, 5) is 1.81. The highest BCUT2D eigenvalue weighted by Gasteiger charge is 2.23. The summed E-state index contributed by atoms with van der Waals surface area (Å²) in [6.45, 7) is 6.56. The molecule has 0 aromatic heterocycles. The molecule has 0 aliphatic carbocycles. The second-order valence-electron chi connectivity index (χ2n) is 10.7. The third-order valence-electron chi connectivity index (χ3n) is 7.22. The minimum Gasteiger partial charge on any atom is -0.616 e. The van der Waals surface area contributed by atoms with Gasteiger partial charge in [-0.15, -0.1) is 0 Å². The van der Waals surface area contributed by atoms with Crippen LogP contribution >= 0.6 is 0 Å². The van der Waals surface area contributed by atoms with Crippen molar-refractivity contribution >= 4 is 21.3 Å². The molecule has 7 heteroatoms. The van der Waals surface area contributed by atoms with Crippen molar-refractivity contribution in [3.63, 3.8) is 0 Å². The van der Waals surface area contributed by atoms with Gasteiger partial charge in [0.05, 0.1) is 12.3 Å². The molecule has 0 aliphatic heterocycles. The summed E-state index contributed by atoms with van der Waals surface area (Å²) >= 11 is -0.947. The third-order valence-corrected chi connectivity index (χ3v) is 9.41. The molecule has 1 aromatic rings. The Morgan fingerprint density at radius 3 is 1.76 bits per heavy atom. The lowest BCUT2D eigenvalue weighted by molar-refractivity contribution is 0.303. The number of benzene rings is 1. The number of hydrogen-bond acceptors (Lipinski definition) is 4. The zero-order valence-corrected chi connectivity index (χ0v) is 25.7. The van der Waals surface area contributed by atoms with Gasteiger partial charge in [0.2, 0.25) is 0 Å². The van der Waals surface area contributed by atoms with E-state index in [4.69, 9.17) is 0 Å². The van der Waals surface area contributed by atoms with Crippen molar-refractivity contribution in [1.82, 2.24) is 4.90 Å². The standard InChI is InChI=1S/C31H55NO4S2/c1-3-5-6-7-8-9-10-11-12-13-14-15-16-17-18-22-26-37(33)27-25-32(4-2)31(29-38(34,35)36)28-30-23-20-19-21-24-30/h4,19-21,23-24,31H,2-3,5-18,22,25-29H2,1H3,(H,34,35,36). The highest BCUT2D eigenvalue weighted by Crippen LogP contribution is 2.15. The van der Waals surface area contributed by atoms with Gasteiger partial charge in [0.1, 0.15) is 11.5 Å². The van der Waals surface area contributed by atoms with E-state index in [2.05, 4.69) is 13.5 Å². The van der Waals surface area contributed by atoms with Crippen molar-refractivity contribution in [3.05, 3.63) is 48.7 Å². The molecule has 0 bridgehead atoms. The van der Waals surface area contributed by atoms with Crippen LogP contribution in [0.15, 0.2) is 43.1 Å². The van der Waals surface area contributed by atoms with Crippen molar-refractivity contribution in [1.29, 1.82) is 0 Å². The van der Waals surface area contributed by atoms with Crippen molar-refractivity contribution in [2.45, 2.75) is 122 Å². The summed E-state index contributed by atoms with van der Waals surface area (Å²) < 4.78 is 45.2. The van der Waals surface area contributed by atoms with Crippen LogP contribution in [0.4, 0.5) is 0 Å². The van der Waals surface area contributed by atoms with Gasteiger partial charge in [-0.1, -0.05) is 145 Å². The van der Waals surface area contributed by atoms with Crippen LogP contribution in [0, 0.1) is 0 Å². The Bertz CT molecular complexity index is 788. The van der Waals surface area contributed by atoms with Gasteiger partial charge in [-0.3, -0.25) is 4.55 Å². The van der Waals surface area contributed by atoms with Crippen molar-refractivity contribution in [3.8, 4) is 0 Å². The van der Waals surface area contributed by atoms with Gasteiger partial charge in [-0.05, 0) is 31.0 Å². The Balaban J connectivity index is 2.11. The molecule has 1 N–H and O–H groups in total. The van der Waals surface area contributed by atoms with Crippen LogP contribution in [0.3, 0.4) is 0 Å². The van der Waals surface area contributed by atoms with Gasteiger partial charge in [-0.25, -0.2) is 0 Å². The van der Waals surface area contributed by atoms with Crippen LogP contribution in [-0.2, 0) is 27.7 Å². The first-order chi connectivity index (χ1) is 18.4. The Hall–Kier alpha value is -1.02. The molecule has 0 radical (unpaired) electrons. The maximum Gasteiger partial charge on any atom is 0.266 e. The average Bonchev–Trinajstić information content (AvgIpc) is 2.88. The molecule has 0 fully saturated rings. The van der Waals surface area contributed by atoms with Gasteiger partial charge in [0, 0.05) is 6.04 Å². The van der Waals surface area contributed by atoms with E-state index in [1.165, 1.54) is 89.9 Å². The number of unbranched alkanes of at least 4 members (excludes halogenated alkanes) is 15. The molecular formula is C31H55NO4S2.